The normalized spacial score (nSPS) is 18.2. The summed E-state index contributed by atoms with van der Waals surface area (Å²) >= 11 is 0. The lowest BCUT2D eigenvalue weighted by atomic mass is 9.80. The first-order valence-electron chi connectivity index (χ1n) is 20.0. The maximum atomic E-state index is 17.5. The van der Waals surface area contributed by atoms with E-state index < -0.39 is 50.3 Å². The third-order valence-corrected chi connectivity index (χ3v) is 12.3. The minimum Gasteiger partial charge on any atom is -0.497 e. The molecule has 4 aromatic carbocycles. The zero-order valence-corrected chi connectivity index (χ0v) is 35.9. The number of nitrogens with one attached hydrogen (secondary N) is 1. The van der Waals surface area contributed by atoms with Gasteiger partial charge in [-0.25, -0.2) is 13.9 Å². The predicted molar refractivity (Wildman–Crippen MR) is 230 cm³/mol. The number of nitriles is 1. The Morgan fingerprint density at radius 3 is 1.97 bits per heavy atom. The summed E-state index contributed by atoms with van der Waals surface area (Å²) < 4.78 is 57.9. The summed E-state index contributed by atoms with van der Waals surface area (Å²) in [5.41, 5.74) is 0.491. The van der Waals surface area contributed by atoms with Gasteiger partial charge in [0.25, 0.3) is 14.4 Å². The highest BCUT2D eigenvalue weighted by atomic mass is 31.2. The van der Waals surface area contributed by atoms with E-state index in [1.54, 1.807) is 44.6 Å². The second-order valence-electron chi connectivity index (χ2n) is 14.8. The van der Waals surface area contributed by atoms with Crippen molar-refractivity contribution in [1.82, 2.24) is 14.2 Å². The zero-order chi connectivity index (χ0) is 43.5. The van der Waals surface area contributed by atoms with Gasteiger partial charge in [-0.05, 0) is 86.8 Å². The first-order chi connectivity index (χ1) is 29.5. The fourth-order valence-corrected chi connectivity index (χ4v) is 9.03. The molecule has 0 saturated carbocycles. The van der Waals surface area contributed by atoms with Crippen LogP contribution in [0.1, 0.15) is 67.4 Å². The van der Waals surface area contributed by atoms with Gasteiger partial charge in [-0.3, -0.25) is 9.36 Å². The van der Waals surface area contributed by atoms with Crippen LogP contribution in [0.2, 0.25) is 0 Å². The van der Waals surface area contributed by atoms with Crippen LogP contribution in [0.3, 0.4) is 0 Å². The van der Waals surface area contributed by atoms with Gasteiger partial charge >= 0.3 is 5.69 Å². The molecule has 1 aliphatic rings. The number of carbonyl (C=O) groups is 1. The van der Waals surface area contributed by atoms with Crippen LogP contribution in [-0.4, -0.2) is 78.0 Å². The number of alkyl halides is 1. The summed E-state index contributed by atoms with van der Waals surface area (Å²) in [6.07, 6.45) is -4.41. The highest BCUT2D eigenvalue weighted by molar-refractivity contribution is 7.44. The second-order valence-corrected chi connectivity index (χ2v) is 16.2. The summed E-state index contributed by atoms with van der Waals surface area (Å²) in [6.45, 7) is 7.62. The van der Waals surface area contributed by atoms with Gasteiger partial charge in [0.2, 0.25) is 0 Å². The van der Waals surface area contributed by atoms with E-state index in [0.29, 0.717) is 17.1 Å². The number of anilines is 1. The standard InChI is InChI=1S/C46H51FN5O8P/c1-31(2)52(32(3)4)61(58-29-13-27-48)60-42-41(47)39(59-44(42)51-28-26-40(50-45(51)54)49-43(53)33-14-9-7-10-15-33)30-57-46(34-16-11-8-12-17-34,35-18-22-37(55-5)23-19-35)36-20-24-38(56-6)25-21-36/h7-12,14-26,28,31-32,39,41-42,44H,13,29-30H2,1-6H3,(H,49,50,53,54)/t39-,41-,42?,44-,61?/m1/s1. The maximum Gasteiger partial charge on any atom is 0.351 e. The van der Waals surface area contributed by atoms with Crippen LogP contribution in [0.25, 0.3) is 0 Å². The van der Waals surface area contributed by atoms with Crippen molar-refractivity contribution in [2.45, 2.75) is 76.4 Å². The Labute approximate surface area is 356 Å². The van der Waals surface area contributed by atoms with Crippen LogP contribution in [0.4, 0.5) is 10.2 Å². The predicted octanol–water partition coefficient (Wildman–Crippen LogP) is 8.42. The summed E-state index contributed by atoms with van der Waals surface area (Å²) in [7, 11) is 1.19. The number of methoxy groups -OCH3 is 2. The van der Waals surface area contributed by atoms with Crippen molar-refractivity contribution in [1.29, 1.82) is 5.26 Å². The number of hydrogen-bond acceptors (Lipinski definition) is 11. The van der Waals surface area contributed by atoms with E-state index in [1.807, 2.05) is 111 Å². The molecule has 1 aliphatic heterocycles. The molecule has 1 saturated heterocycles. The number of hydrogen-bond donors (Lipinski definition) is 1. The number of benzene rings is 4. The fraction of sp³-hybridized carbons (Fsp3) is 0.348. The quantitative estimate of drug-likeness (QED) is 0.0485. The highest BCUT2D eigenvalue weighted by Gasteiger charge is 2.51. The number of aromatic nitrogens is 2. The number of carbonyl (C=O) groups excluding carboxylic acids is 1. The van der Waals surface area contributed by atoms with Gasteiger partial charge in [0.05, 0.1) is 39.9 Å². The number of rotatable bonds is 19. The molecule has 61 heavy (non-hydrogen) atoms. The van der Waals surface area contributed by atoms with Crippen LogP contribution >= 0.6 is 8.53 Å². The summed E-state index contributed by atoms with van der Waals surface area (Å²) in [5.74, 6) is 0.826. The minimum absolute atomic E-state index is 0.00163. The van der Waals surface area contributed by atoms with Crippen molar-refractivity contribution in [3.8, 4) is 17.6 Å². The average molecular weight is 852 g/mol. The molecule has 0 radical (unpaired) electrons. The Morgan fingerprint density at radius 2 is 1.44 bits per heavy atom. The van der Waals surface area contributed by atoms with E-state index >= 15 is 4.39 Å². The van der Waals surface area contributed by atoms with E-state index in [2.05, 4.69) is 16.4 Å². The van der Waals surface area contributed by atoms with Gasteiger partial charge in [-0.15, -0.1) is 0 Å². The number of amides is 1. The van der Waals surface area contributed by atoms with Crippen molar-refractivity contribution in [2.24, 2.45) is 0 Å². The van der Waals surface area contributed by atoms with E-state index in [1.165, 1.54) is 12.3 Å². The molecule has 1 fully saturated rings. The molecule has 0 spiro atoms. The molecule has 6 rings (SSSR count). The Hall–Kier alpha value is -5.52. The molecule has 13 nitrogen and oxygen atoms in total. The van der Waals surface area contributed by atoms with Gasteiger partial charge in [0.1, 0.15) is 35.1 Å². The molecule has 15 heteroatoms. The largest absolute Gasteiger partial charge is 0.497 e. The SMILES string of the molecule is COc1ccc(C(OC[C@H]2O[C@@H](n3ccc(NC(=O)c4ccccc4)nc3=O)C(OP(OCCC#N)N(C(C)C)C(C)C)[C@@H]2F)(c2ccccc2)c2ccc(OC)cc2)cc1. The first kappa shape index (κ1) is 45.0. The average Bonchev–Trinajstić information content (AvgIpc) is 3.58. The maximum absolute atomic E-state index is 17.5. The number of halogens is 1. The lowest BCUT2D eigenvalue weighted by Gasteiger charge is -2.38. The first-order valence-corrected chi connectivity index (χ1v) is 21.1. The Bertz CT molecular complexity index is 2220. The van der Waals surface area contributed by atoms with Crippen molar-refractivity contribution in [3.63, 3.8) is 0 Å². The Kier molecular flexibility index (Phi) is 15.4. The smallest absolute Gasteiger partial charge is 0.351 e. The molecule has 320 valence electrons. The van der Waals surface area contributed by atoms with Crippen molar-refractivity contribution < 1.29 is 37.2 Å². The van der Waals surface area contributed by atoms with Gasteiger partial charge in [0, 0.05) is 23.8 Å². The monoisotopic (exact) mass is 851 g/mol. The molecule has 2 heterocycles. The molecule has 5 aromatic rings. The Morgan fingerprint density at radius 1 is 0.885 bits per heavy atom. The van der Waals surface area contributed by atoms with Crippen LogP contribution in [0.5, 0.6) is 11.5 Å². The van der Waals surface area contributed by atoms with Crippen molar-refractivity contribution in [3.05, 3.63) is 154 Å². The van der Waals surface area contributed by atoms with Gasteiger partial charge in [-0.2, -0.15) is 10.2 Å². The van der Waals surface area contributed by atoms with E-state index in [0.717, 1.165) is 21.3 Å². The zero-order valence-electron chi connectivity index (χ0n) is 35.0. The number of ether oxygens (including phenoxy) is 4. The van der Waals surface area contributed by atoms with Crippen LogP contribution in [0, 0.1) is 11.3 Å². The van der Waals surface area contributed by atoms with Gasteiger partial charge in [-0.1, -0.05) is 72.8 Å². The van der Waals surface area contributed by atoms with Crippen LogP contribution in [-0.2, 0) is 24.1 Å². The number of nitrogens with zero attached hydrogens (tertiary/aromatic N) is 4. The van der Waals surface area contributed by atoms with Gasteiger partial charge in [0.15, 0.2) is 12.4 Å². The molecule has 0 aliphatic carbocycles. The summed E-state index contributed by atoms with van der Waals surface area (Å²) in [4.78, 5) is 30.9. The van der Waals surface area contributed by atoms with Crippen LogP contribution in [0.15, 0.2) is 126 Å². The second kappa shape index (κ2) is 20.8. The van der Waals surface area contributed by atoms with E-state index in [-0.39, 0.29) is 37.5 Å². The summed E-state index contributed by atoms with van der Waals surface area (Å²) in [5, 5.41) is 12.0. The molecule has 2 unspecified atom stereocenters. The molecule has 1 N–H and O–H groups in total. The topological polar surface area (TPSA) is 146 Å². The molecule has 0 bridgehead atoms. The van der Waals surface area contributed by atoms with Crippen molar-refractivity contribution in [2.75, 3.05) is 32.8 Å². The highest BCUT2D eigenvalue weighted by Crippen LogP contribution is 2.51. The Balaban J connectivity index is 1.40. The van der Waals surface area contributed by atoms with Crippen LogP contribution < -0.4 is 20.5 Å². The van der Waals surface area contributed by atoms with Crippen molar-refractivity contribution >= 4 is 20.3 Å². The lowest BCUT2D eigenvalue weighted by molar-refractivity contribution is -0.0907. The molecule has 5 atom stereocenters. The molecular formula is C46H51FN5O8P. The van der Waals surface area contributed by atoms with Gasteiger partial charge < -0.3 is 33.3 Å². The molecule has 1 amide bonds. The molecule has 1 aromatic heterocycles. The fourth-order valence-electron chi connectivity index (χ4n) is 7.30. The van der Waals surface area contributed by atoms with E-state index in [4.69, 9.17) is 28.0 Å². The third kappa shape index (κ3) is 10.3. The summed E-state index contributed by atoms with van der Waals surface area (Å²) in [6, 6.07) is 36.3. The third-order valence-electron chi connectivity index (χ3n) is 10.2. The minimum atomic E-state index is -1.99. The van der Waals surface area contributed by atoms with E-state index in [9.17, 15) is 14.9 Å². The molecular weight excluding hydrogens is 801 g/mol. The lowest BCUT2D eigenvalue weighted by Crippen LogP contribution is -2.40.